The molecule has 2 aliphatic heterocycles. The summed E-state index contributed by atoms with van der Waals surface area (Å²) >= 11 is 0. The molecule has 1 atom stereocenters. The van der Waals surface area contributed by atoms with Crippen LogP contribution in [-0.2, 0) is 16.1 Å². The van der Waals surface area contributed by atoms with Crippen LogP contribution in [-0.4, -0.2) is 47.0 Å². The maximum atomic E-state index is 12.1. The highest BCUT2D eigenvalue weighted by atomic mass is 16.5. The first-order chi connectivity index (χ1) is 10.1. The van der Waals surface area contributed by atoms with Crippen molar-refractivity contribution in [2.75, 3.05) is 25.4 Å². The van der Waals surface area contributed by atoms with Crippen molar-refractivity contribution < 1.29 is 9.53 Å². The molecule has 3 rings (SSSR count). The molecule has 0 radical (unpaired) electrons. The lowest BCUT2D eigenvalue weighted by Crippen LogP contribution is -2.43. The summed E-state index contributed by atoms with van der Waals surface area (Å²) in [5, 5.41) is 10.6. The first kappa shape index (κ1) is 14.3. The number of piperidine rings is 1. The van der Waals surface area contributed by atoms with Crippen molar-refractivity contribution in [2.45, 2.75) is 44.4 Å². The van der Waals surface area contributed by atoms with E-state index in [1.807, 2.05) is 6.92 Å². The fourth-order valence-electron chi connectivity index (χ4n) is 3.27. The minimum Gasteiger partial charge on any atom is -0.384 e. The summed E-state index contributed by atoms with van der Waals surface area (Å²) in [6, 6.07) is 1.85. The Morgan fingerprint density at radius 2 is 2.38 bits per heavy atom. The Labute approximate surface area is 124 Å². The Bertz CT molecular complexity index is 521. The van der Waals surface area contributed by atoms with E-state index in [1.165, 1.54) is 4.68 Å². The van der Waals surface area contributed by atoms with Gasteiger partial charge in [-0.3, -0.25) is 4.79 Å². The van der Waals surface area contributed by atoms with Crippen LogP contribution in [0.3, 0.4) is 0 Å². The number of nitrogens with zero attached hydrogens (tertiary/aromatic N) is 2. The van der Waals surface area contributed by atoms with Gasteiger partial charge in [0.25, 0.3) is 0 Å². The number of carbonyl (C=O) groups is 1. The van der Waals surface area contributed by atoms with E-state index >= 15 is 0 Å². The highest BCUT2D eigenvalue weighted by Crippen LogP contribution is 2.33. The van der Waals surface area contributed by atoms with Gasteiger partial charge in [0.2, 0.25) is 5.91 Å². The van der Waals surface area contributed by atoms with Crippen molar-refractivity contribution in [3.8, 4) is 0 Å². The number of nitrogens with two attached hydrogens (primary N) is 1. The van der Waals surface area contributed by atoms with Gasteiger partial charge in [-0.2, -0.15) is 5.10 Å². The molecule has 4 N–H and O–H groups in total. The lowest BCUT2D eigenvalue weighted by molar-refractivity contribution is -0.122. The lowest BCUT2D eigenvalue weighted by atomic mass is 9.88. The first-order valence-electron chi connectivity index (χ1n) is 7.50. The van der Waals surface area contributed by atoms with Crippen LogP contribution in [0, 0.1) is 6.92 Å². The second kappa shape index (κ2) is 5.65. The van der Waals surface area contributed by atoms with E-state index in [2.05, 4.69) is 15.7 Å². The molecule has 2 aliphatic rings. The third-order valence-electron chi connectivity index (χ3n) is 4.32. The largest absolute Gasteiger partial charge is 0.384 e. The number of ether oxygens (including phenoxy) is 1. The Morgan fingerprint density at radius 1 is 1.62 bits per heavy atom. The zero-order valence-electron chi connectivity index (χ0n) is 12.4. The van der Waals surface area contributed by atoms with Gasteiger partial charge in [0.15, 0.2) is 0 Å². The average Bonchev–Trinajstić information content (AvgIpc) is 2.95. The third kappa shape index (κ3) is 3.19. The number of aryl methyl sites for hydroxylation is 1. The van der Waals surface area contributed by atoms with Gasteiger partial charge in [-0.1, -0.05) is 0 Å². The molecule has 116 valence electrons. The van der Waals surface area contributed by atoms with Crippen LogP contribution in [0.1, 0.15) is 25.0 Å². The number of amides is 1. The van der Waals surface area contributed by atoms with Crippen LogP contribution in [0.4, 0.5) is 5.82 Å². The monoisotopic (exact) mass is 293 g/mol. The predicted molar refractivity (Wildman–Crippen MR) is 78.7 cm³/mol. The standard InChI is InChI=1S/C14H23N5O2/c1-10-6-12(15)19(18-10)8-13(20)17-11-7-14(21-9-11)2-4-16-5-3-14/h6,11,16H,2-5,7-9,15H2,1H3,(H,17,20)/t11-/m1/s1. The van der Waals surface area contributed by atoms with E-state index in [-0.39, 0.29) is 24.1 Å². The molecule has 0 aliphatic carbocycles. The molecule has 0 bridgehead atoms. The van der Waals surface area contributed by atoms with E-state index in [0.29, 0.717) is 12.4 Å². The molecule has 1 aromatic rings. The van der Waals surface area contributed by atoms with Gasteiger partial charge in [0, 0.05) is 6.07 Å². The summed E-state index contributed by atoms with van der Waals surface area (Å²) in [6.45, 7) is 4.59. The molecule has 1 aromatic heterocycles. The third-order valence-corrected chi connectivity index (χ3v) is 4.32. The maximum Gasteiger partial charge on any atom is 0.242 e. The fraction of sp³-hybridized carbons (Fsp3) is 0.714. The van der Waals surface area contributed by atoms with Crippen LogP contribution in [0.5, 0.6) is 0 Å². The van der Waals surface area contributed by atoms with Gasteiger partial charge in [0.05, 0.1) is 23.9 Å². The van der Waals surface area contributed by atoms with E-state index in [1.54, 1.807) is 6.07 Å². The van der Waals surface area contributed by atoms with Crippen molar-refractivity contribution in [1.29, 1.82) is 0 Å². The van der Waals surface area contributed by atoms with Gasteiger partial charge in [-0.25, -0.2) is 4.68 Å². The number of carbonyl (C=O) groups excluding carboxylic acids is 1. The highest BCUT2D eigenvalue weighted by Gasteiger charge is 2.41. The van der Waals surface area contributed by atoms with Crippen LogP contribution in [0.2, 0.25) is 0 Å². The first-order valence-corrected chi connectivity index (χ1v) is 7.50. The van der Waals surface area contributed by atoms with E-state index < -0.39 is 0 Å². The van der Waals surface area contributed by atoms with Crippen molar-refractivity contribution in [1.82, 2.24) is 20.4 Å². The fourth-order valence-corrected chi connectivity index (χ4v) is 3.27. The summed E-state index contributed by atoms with van der Waals surface area (Å²) in [7, 11) is 0. The molecule has 2 saturated heterocycles. The Morgan fingerprint density at radius 3 is 3.05 bits per heavy atom. The maximum absolute atomic E-state index is 12.1. The number of hydrogen-bond donors (Lipinski definition) is 3. The van der Waals surface area contributed by atoms with Crippen molar-refractivity contribution in [2.24, 2.45) is 0 Å². The average molecular weight is 293 g/mol. The summed E-state index contributed by atoms with van der Waals surface area (Å²) in [4.78, 5) is 12.1. The number of rotatable bonds is 3. The van der Waals surface area contributed by atoms with E-state index in [4.69, 9.17) is 10.5 Å². The summed E-state index contributed by atoms with van der Waals surface area (Å²) in [6.07, 6.45) is 2.93. The second-order valence-corrected chi connectivity index (χ2v) is 6.08. The zero-order chi connectivity index (χ0) is 14.9. The molecule has 7 heteroatoms. The quantitative estimate of drug-likeness (QED) is 0.717. The second-order valence-electron chi connectivity index (χ2n) is 6.08. The number of anilines is 1. The van der Waals surface area contributed by atoms with Crippen LogP contribution >= 0.6 is 0 Å². The normalized spacial score (nSPS) is 24.3. The SMILES string of the molecule is Cc1cc(N)n(CC(=O)N[C@H]2COC3(CCNCC3)C2)n1. The molecular weight excluding hydrogens is 270 g/mol. The minimum absolute atomic E-state index is 0.0372. The smallest absolute Gasteiger partial charge is 0.242 e. The molecule has 1 amide bonds. The van der Waals surface area contributed by atoms with Crippen molar-refractivity contribution in [3.05, 3.63) is 11.8 Å². The van der Waals surface area contributed by atoms with Gasteiger partial charge >= 0.3 is 0 Å². The summed E-state index contributed by atoms with van der Waals surface area (Å²) in [5.74, 6) is 0.449. The molecule has 1 spiro atoms. The van der Waals surface area contributed by atoms with E-state index in [0.717, 1.165) is 38.0 Å². The van der Waals surface area contributed by atoms with Crippen LogP contribution in [0.25, 0.3) is 0 Å². The van der Waals surface area contributed by atoms with Gasteiger partial charge < -0.3 is 21.1 Å². The summed E-state index contributed by atoms with van der Waals surface area (Å²) in [5.41, 5.74) is 6.58. The molecular formula is C14H23N5O2. The molecule has 0 aromatic carbocycles. The number of hydrogen-bond acceptors (Lipinski definition) is 5. The van der Waals surface area contributed by atoms with Crippen molar-refractivity contribution in [3.63, 3.8) is 0 Å². The molecule has 3 heterocycles. The van der Waals surface area contributed by atoms with Crippen LogP contribution < -0.4 is 16.4 Å². The predicted octanol–water partition coefficient (Wildman–Crippen LogP) is -0.199. The summed E-state index contributed by atoms with van der Waals surface area (Å²) < 4.78 is 7.50. The minimum atomic E-state index is -0.0654. The molecule has 2 fully saturated rings. The molecule has 7 nitrogen and oxygen atoms in total. The zero-order valence-corrected chi connectivity index (χ0v) is 12.4. The van der Waals surface area contributed by atoms with Gasteiger partial charge in [-0.15, -0.1) is 0 Å². The van der Waals surface area contributed by atoms with E-state index in [9.17, 15) is 4.79 Å². The number of aromatic nitrogens is 2. The Kier molecular flexibility index (Phi) is 3.86. The highest BCUT2D eigenvalue weighted by molar-refractivity contribution is 5.76. The number of nitrogen functional groups attached to an aromatic ring is 1. The lowest BCUT2D eigenvalue weighted by Gasteiger charge is -2.32. The molecule has 0 unspecified atom stereocenters. The van der Waals surface area contributed by atoms with Gasteiger partial charge in [-0.05, 0) is 39.3 Å². The molecule has 0 saturated carbocycles. The topological polar surface area (TPSA) is 94.2 Å². The Balaban J connectivity index is 1.53. The number of nitrogens with one attached hydrogen (secondary N) is 2. The Hall–Kier alpha value is -1.60. The van der Waals surface area contributed by atoms with Crippen LogP contribution in [0.15, 0.2) is 6.07 Å². The molecule has 21 heavy (non-hydrogen) atoms. The van der Waals surface area contributed by atoms with Gasteiger partial charge in [0.1, 0.15) is 12.4 Å². The van der Waals surface area contributed by atoms with Crippen molar-refractivity contribution >= 4 is 11.7 Å².